The largest absolute Gasteiger partial charge is 0.459 e. The molecule has 0 aliphatic rings. The van der Waals surface area contributed by atoms with Crippen molar-refractivity contribution in [2.45, 2.75) is 19.9 Å². The third-order valence-corrected chi connectivity index (χ3v) is 3.38. The molecule has 102 valence electrons. The number of furan rings is 1. The van der Waals surface area contributed by atoms with Crippen LogP contribution in [-0.2, 0) is 0 Å². The van der Waals surface area contributed by atoms with E-state index >= 15 is 0 Å². The summed E-state index contributed by atoms with van der Waals surface area (Å²) in [5.74, 6) is 0.402. The Morgan fingerprint density at radius 2 is 2.00 bits per heavy atom. The number of fused-ring (bicyclic) bond motifs is 1. The minimum Gasteiger partial charge on any atom is -0.459 e. The highest BCUT2D eigenvalue weighted by Gasteiger charge is 2.16. The van der Waals surface area contributed by atoms with Crippen molar-refractivity contribution in [1.82, 2.24) is 4.98 Å². The Morgan fingerprint density at radius 3 is 2.70 bits per heavy atom. The molecule has 0 saturated carbocycles. The van der Waals surface area contributed by atoms with Gasteiger partial charge in [0.2, 0.25) is 5.95 Å². The van der Waals surface area contributed by atoms with Gasteiger partial charge in [0.15, 0.2) is 0 Å². The Hall–Kier alpha value is -2.36. The van der Waals surface area contributed by atoms with E-state index in [1.807, 2.05) is 38.1 Å². The first kappa shape index (κ1) is 12.7. The fourth-order valence-corrected chi connectivity index (χ4v) is 2.38. The number of hydrogen-bond donors (Lipinski definition) is 1. The first-order chi connectivity index (χ1) is 9.65. The highest BCUT2D eigenvalue weighted by Crippen LogP contribution is 2.30. The number of benzene rings is 1. The lowest BCUT2D eigenvalue weighted by atomic mass is 10.1. The van der Waals surface area contributed by atoms with Gasteiger partial charge < -0.3 is 9.73 Å². The summed E-state index contributed by atoms with van der Waals surface area (Å²) in [7, 11) is 0. The number of hydrogen-bond acceptors (Lipinski definition) is 3. The van der Waals surface area contributed by atoms with Crippen LogP contribution in [0.25, 0.3) is 11.0 Å². The highest BCUT2D eigenvalue weighted by atomic mass is 19.1. The Balaban J connectivity index is 1.90. The lowest BCUT2D eigenvalue weighted by Gasteiger charge is -2.13. The van der Waals surface area contributed by atoms with Crippen LogP contribution in [-0.4, -0.2) is 4.98 Å². The van der Waals surface area contributed by atoms with Gasteiger partial charge >= 0.3 is 0 Å². The number of anilines is 1. The highest BCUT2D eigenvalue weighted by molar-refractivity contribution is 5.82. The summed E-state index contributed by atoms with van der Waals surface area (Å²) >= 11 is 0. The van der Waals surface area contributed by atoms with Crippen molar-refractivity contribution in [3.05, 3.63) is 59.9 Å². The zero-order chi connectivity index (χ0) is 14.1. The first-order valence-electron chi connectivity index (χ1n) is 6.51. The number of nitrogens with zero attached hydrogens (tertiary/aromatic N) is 1. The summed E-state index contributed by atoms with van der Waals surface area (Å²) in [4.78, 5) is 3.63. The molecule has 1 N–H and O–H groups in total. The lowest BCUT2D eigenvalue weighted by Crippen LogP contribution is -2.07. The van der Waals surface area contributed by atoms with Gasteiger partial charge in [-0.15, -0.1) is 0 Å². The molecule has 3 aromatic rings. The van der Waals surface area contributed by atoms with Gasteiger partial charge in [0.25, 0.3) is 0 Å². The third-order valence-electron chi connectivity index (χ3n) is 3.38. The van der Waals surface area contributed by atoms with Crippen molar-refractivity contribution in [1.29, 1.82) is 0 Å². The molecule has 0 bridgehead atoms. The Morgan fingerprint density at radius 1 is 1.20 bits per heavy atom. The molecule has 0 fully saturated rings. The van der Waals surface area contributed by atoms with E-state index in [9.17, 15) is 4.39 Å². The summed E-state index contributed by atoms with van der Waals surface area (Å²) in [6.07, 6.45) is 1.48. The fraction of sp³-hybridized carbons (Fsp3) is 0.188. The summed E-state index contributed by atoms with van der Waals surface area (Å²) in [5, 5.41) is 4.38. The predicted octanol–water partition coefficient (Wildman–Crippen LogP) is 4.45. The van der Waals surface area contributed by atoms with Gasteiger partial charge in [0.1, 0.15) is 11.3 Å². The van der Waals surface area contributed by atoms with E-state index in [4.69, 9.17) is 4.42 Å². The first-order valence-corrected chi connectivity index (χ1v) is 6.51. The zero-order valence-electron chi connectivity index (χ0n) is 11.4. The van der Waals surface area contributed by atoms with E-state index in [2.05, 4.69) is 10.3 Å². The molecule has 0 aliphatic heterocycles. The topological polar surface area (TPSA) is 38.1 Å². The smallest absolute Gasteiger partial charge is 0.212 e. The van der Waals surface area contributed by atoms with Crippen LogP contribution >= 0.6 is 0 Å². The molecule has 20 heavy (non-hydrogen) atoms. The molecule has 0 aliphatic carbocycles. The molecule has 0 radical (unpaired) electrons. The summed E-state index contributed by atoms with van der Waals surface area (Å²) in [5.41, 5.74) is 2.76. The van der Waals surface area contributed by atoms with Crippen molar-refractivity contribution < 1.29 is 8.81 Å². The van der Waals surface area contributed by atoms with Crippen LogP contribution in [0.1, 0.15) is 24.3 Å². The molecule has 4 heteroatoms. The van der Waals surface area contributed by atoms with Crippen LogP contribution in [0.4, 0.5) is 10.1 Å². The zero-order valence-corrected chi connectivity index (χ0v) is 11.4. The van der Waals surface area contributed by atoms with Crippen molar-refractivity contribution in [3.8, 4) is 0 Å². The molecule has 1 unspecified atom stereocenters. The third kappa shape index (κ3) is 2.25. The van der Waals surface area contributed by atoms with E-state index in [1.54, 1.807) is 6.07 Å². The Bertz CT molecular complexity index is 734. The van der Waals surface area contributed by atoms with Gasteiger partial charge in [0.05, 0.1) is 17.9 Å². The van der Waals surface area contributed by atoms with E-state index < -0.39 is 5.95 Å². The summed E-state index contributed by atoms with van der Waals surface area (Å²) < 4.78 is 18.7. The average molecular weight is 270 g/mol. The van der Waals surface area contributed by atoms with Crippen molar-refractivity contribution >= 4 is 16.7 Å². The predicted molar refractivity (Wildman–Crippen MR) is 77.2 cm³/mol. The van der Waals surface area contributed by atoms with E-state index in [0.717, 1.165) is 28.0 Å². The number of aromatic nitrogens is 1. The molecule has 0 amide bonds. The summed E-state index contributed by atoms with van der Waals surface area (Å²) in [6.45, 7) is 4.05. The molecule has 3 nitrogen and oxygen atoms in total. The molecule has 0 spiro atoms. The van der Waals surface area contributed by atoms with Gasteiger partial charge in [-0.25, -0.2) is 4.98 Å². The SMILES string of the molecule is Cc1c(C(C)Nc2ccc(F)nc2)oc2ccccc12. The van der Waals surface area contributed by atoms with E-state index in [1.165, 1.54) is 12.3 Å². The second-order valence-electron chi connectivity index (χ2n) is 4.82. The van der Waals surface area contributed by atoms with Gasteiger partial charge in [-0.05, 0) is 32.0 Å². The van der Waals surface area contributed by atoms with Gasteiger partial charge in [-0.1, -0.05) is 18.2 Å². The normalized spacial score (nSPS) is 12.6. The lowest BCUT2D eigenvalue weighted by molar-refractivity contribution is 0.522. The van der Waals surface area contributed by atoms with Gasteiger partial charge in [-0.2, -0.15) is 4.39 Å². The number of aryl methyl sites for hydroxylation is 1. The molecule has 2 aromatic heterocycles. The second kappa shape index (κ2) is 4.96. The van der Waals surface area contributed by atoms with Gasteiger partial charge in [-0.3, -0.25) is 0 Å². The molecule has 0 saturated heterocycles. The maximum Gasteiger partial charge on any atom is 0.212 e. The Labute approximate surface area is 116 Å². The van der Waals surface area contributed by atoms with Crippen LogP contribution < -0.4 is 5.32 Å². The fourth-order valence-electron chi connectivity index (χ4n) is 2.38. The molecular weight excluding hydrogens is 255 g/mol. The van der Waals surface area contributed by atoms with E-state index in [0.29, 0.717) is 0 Å². The second-order valence-corrected chi connectivity index (χ2v) is 4.82. The molecular formula is C16H15FN2O. The van der Waals surface area contributed by atoms with E-state index in [-0.39, 0.29) is 6.04 Å². The minimum atomic E-state index is -0.483. The molecule has 1 atom stereocenters. The molecule has 3 rings (SSSR count). The minimum absolute atomic E-state index is 0.0188. The van der Waals surface area contributed by atoms with Crippen LogP contribution in [0.2, 0.25) is 0 Å². The standard InChI is InChI=1S/C16H15FN2O/c1-10-13-5-3-4-6-14(13)20-16(10)11(2)19-12-7-8-15(17)18-9-12/h3-9,11,19H,1-2H3. The van der Waals surface area contributed by atoms with Crippen LogP contribution in [0, 0.1) is 12.9 Å². The number of rotatable bonds is 3. The van der Waals surface area contributed by atoms with Crippen LogP contribution in [0.5, 0.6) is 0 Å². The number of pyridine rings is 1. The maximum absolute atomic E-state index is 12.8. The average Bonchev–Trinajstić information content (AvgIpc) is 2.79. The van der Waals surface area contributed by atoms with Crippen molar-refractivity contribution in [2.24, 2.45) is 0 Å². The number of nitrogens with one attached hydrogen (secondary N) is 1. The van der Waals surface area contributed by atoms with Crippen molar-refractivity contribution in [3.63, 3.8) is 0 Å². The van der Waals surface area contributed by atoms with Crippen LogP contribution in [0.3, 0.4) is 0 Å². The summed E-state index contributed by atoms with van der Waals surface area (Å²) in [6, 6.07) is 10.9. The maximum atomic E-state index is 12.8. The monoisotopic (exact) mass is 270 g/mol. The molecule has 1 aromatic carbocycles. The molecule has 2 heterocycles. The Kier molecular flexibility index (Phi) is 3.14. The number of halogens is 1. The van der Waals surface area contributed by atoms with Crippen LogP contribution in [0.15, 0.2) is 47.0 Å². The number of para-hydroxylation sites is 1. The van der Waals surface area contributed by atoms with Gasteiger partial charge in [0, 0.05) is 10.9 Å². The van der Waals surface area contributed by atoms with Crippen molar-refractivity contribution in [2.75, 3.05) is 5.32 Å². The quantitative estimate of drug-likeness (QED) is 0.714.